The summed E-state index contributed by atoms with van der Waals surface area (Å²) in [6.07, 6.45) is -4.85. The van der Waals surface area contributed by atoms with Crippen molar-refractivity contribution in [3.63, 3.8) is 0 Å². The molecule has 0 heterocycles. The van der Waals surface area contributed by atoms with Gasteiger partial charge in [-0.1, -0.05) is 0 Å². The Labute approximate surface area is 99.3 Å². The van der Waals surface area contributed by atoms with Crippen LogP contribution in [0.25, 0.3) is 0 Å². The van der Waals surface area contributed by atoms with Crippen LogP contribution in [0.1, 0.15) is 22.8 Å². The minimum Gasteiger partial charge on any atom is -0.490 e. The molecule has 5 nitrogen and oxygen atoms in total. The Balaban J connectivity index is 3.74. The maximum absolute atomic E-state index is 12.7. The molecule has 0 fully saturated rings. The molecule has 0 aliphatic rings. The highest BCUT2D eigenvalue weighted by Gasteiger charge is 2.40. The Morgan fingerprint density at radius 3 is 2.28 bits per heavy atom. The van der Waals surface area contributed by atoms with Crippen LogP contribution >= 0.6 is 0 Å². The van der Waals surface area contributed by atoms with Crippen molar-refractivity contribution >= 4 is 11.5 Å². The normalized spacial score (nSPS) is 11.2. The van der Waals surface area contributed by atoms with Gasteiger partial charge in [-0.05, 0) is 19.1 Å². The lowest BCUT2D eigenvalue weighted by molar-refractivity contribution is -0.386. The van der Waals surface area contributed by atoms with Gasteiger partial charge in [0.05, 0.1) is 17.6 Å². The summed E-state index contributed by atoms with van der Waals surface area (Å²) in [6, 6.07) is 1.40. The van der Waals surface area contributed by atoms with Crippen LogP contribution in [0.15, 0.2) is 12.1 Å². The summed E-state index contributed by atoms with van der Waals surface area (Å²) >= 11 is 0. The first-order valence-corrected chi connectivity index (χ1v) is 4.63. The van der Waals surface area contributed by atoms with Gasteiger partial charge >= 0.3 is 11.9 Å². The molecule has 0 atom stereocenters. The monoisotopic (exact) mass is 263 g/mol. The molecule has 0 bridgehead atoms. The molecule has 0 aromatic heterocycles. The number of nitrogens with zero attached hydrogens (tertiary/aromatic N) is 1. The maximum atomic E-state index is 12.7. The zero-order valence-electron chi connectivity index (χ0n) is 9.37. The van der Waals surface area contributed by atoms with Crippen LogP contribution in [0.5, 0.6) is 5.75 Å². The Kier molecular flexibility index (Phi) is 3.59. The highest BCUT2D eigenvalue weighted by molar-refractivity contribution is 6.00. The standard InChI is InChI=1S/C10H8F3NO4/c1-5(15)8-6(10(11,12)13)3-4-7(18-2)9(8)14(16)17/h3-4H,1-2H3. The number of hydrogen-bond donors (Lipinski definition) is 0. The molecule has 0 aliphatic heterocycles. The van der Waals surface area contributed by atoms with Gasteiger partial charge in [0.25, 0.3) is 0 Å². The minimum absolute atomic E-state index is 0.391. The summed E-state index contributed by atoms with van der Waals surface area (Å²) < 4.78 is 42.6. The molecular weight excluding hydrogens is 255 g/mol. The van der Waals surface area contributed by atoms with E-state index in [9.17, 15) is 28.1 Å². The van der Waals surface area contributed by atoms with Crippen molar-refractivity contribution in [2.45, 2.75) is 13.1 Å². The van der Waals surface area contributed by atoms with Gasteiger partial charge in [0.1, 0.15) is 5.56 Å². The van der Waals surface area contributed by atoms with Crippen molar-refractivity contribution in [2.75, 3.05) is 7.11 Å². The van der Waals surface area contributed by atoms with E-state index in [2.05, 4.69) is 4.74 Å². The van der Waals surface area contributed by atoms with Crippen LogP contribution in [0.2, 0.25) is 0 Å². The average molecular weight is 263 g/mol. The third-order valence-corrected chi connectivity index (χ3v) is 2.20. The summed E-state index contributed by atoms with van der Waals surface area (Å²) in [4.78, 5) is 21.0. The number of rotatable bonds is 3. The number of methoxy groups -OCH3 is 1. The molecule has 1 aromatic carbocycles. The summed E-state index contributed by atoms with van der Waals surface area (Å²) in [5.41, 5.74) is -3.31. The van der Waals surface area contributed by atoms with Crippen LogP contribution in [-0.2, 0) is 6.18 Å². The first kappa shape index (κ1) is 13.9. The molecular formula is C10H8F3NO4. The second-order valence-corrected chi connectivity index (χ2v) is 3.35. The van der Waals surface area contributed by atoms with Gasteiger partial charge in [0.15, 0.2) is 11.5 Å². The lowest BCUT2D eigenvalue weighted by atomic mass is 10.0. The topological polar surface area (TPSA) is 69.4 Å². The van der Waals surface area contributed by atoms with Crippen molar-refractivity contribution in [3.8, 4) is 5.75 Å². The number of ether oxygens (including phenoxy) is 1. The Morgan fingerprint density at radius 2 is 1.94 bits per heavy atom. The molecule has 0 spiro atoms. The van der Waals surface area contributed by atoms with Gasteiger partial charge in [0, 0.05) is 0 Å². The van der Waals surface area contributed by atoms with E-state index >= 15 is 0 Å². The fraction of sp³-hybridized carbons (Fsp3) is 0.300. The highest BCUT2D eigenvalue weighted by atomic mass is 19.4. The molecule has 1 aromatic rings. The smallest absolute Gasteiger partial charge is 0.417 e. The van der Waals surface area contributed by atoms with Crippen molar-refractivity contribution in [1.82, 2.24) is 0 Å². The molecule has 18 heavy (non-hydrogen) atoms. The quantitative estimate of drug-likeness (QED) is 0.477. The average Bonchev–Trinajstić information content (AvgIpc) is 2.25. The molecule has 0 aliphatic carbocycles. The summed E-state index contributed by atoms with van der Waals surface area (Å²) in [5.74, 6) is -1.44. The van der Waals surface area contributed by atoms with Gasteiger partial charge in [-0.25, -0.2) is 0 Å². The Morgan fingerprint density at radius 1 is 1.39 bits per heavy atom. The van der Waals surface area contributed by atoms with Crippen LogP contribution < -0.4 is 4.74 Å². The zero-order valence-corrected chi connectivity index (χ0v) is 9.37. The summed E-state index contributed by atoms with van der Waals surface area (Å²) in [7, 11) is 1.07. The molecule has 1 rings (SSSR count). The lowest BCUT2D eigenvalue weighted by Crippen LogP contribution is -2.14. The molecule has 0 amide bonds. The second-order valence-electron chi connectivity index (χ2n) is 3.35. The number of Topliss-reactive ketones (excluding diaryl/α,β-unsaturated/α-hetero) is 1. The van der Waals surface area contributed by atoms with E-state index in [0.29, 0.717) is 6.07 Å². The van der Waals surface area contributed by atoms with Crippen molar-refractivity contribution in [2.24, 2.45) is 0 Å². The number of hydrogen-bond acceptors (Lipinski definition) is 4. The van der Waals surface area contributed by atoms with Crippen molar-refractivity contribution < 1.29 is 27.6 Å². The van der Waals surface area contributed by atoms with Gasteiger partial charge < -0.3 is 4.74 Å². The largest absolute Gasteiger partial charge is 0.490 e. The highest BCUT2D eigenvalue weighted by Crippen LogP contribution is 2.40. The number of carbonyl (C=O) groups excluding carboxylic acids is 1. The summed E-state index contributed by atoms with van der Waals surface area (Å²) in [6.45, 7) is 0.830. The number of benzene rings is 1. The molecule has 0 N–H and O–H groups in total. The number of nitro benzene ring substituents is 1. The number of carbonyl (C=O) groups is 1. The van der Waals surface area contributed by atoms with E-state index in [0.717, 1.165) is 20.1 Å². The molecule has 0 unspecified atom stereocenters. The van der Waals surface area contributed by atoms with Crippen molar-refractivity contribution in [1.29, 1.82) is 0 Å². The minimum atomic E-state index is -4.85. The van der Waals surface area contributed by atoms with Gasteiger partial charge in [-0.15, -0.1) is 0 Å². The number of halogens is 3. The van der Waals surface area contributed by atoms with Crippen LogP contribution in [-0.4, -0.2) is 17.8 Å². The Hall–Kier alpha value is -2.12. The SMILES string of the molecule is COc1ccc(C(F)(F)F)c(C(C)=O)c1[N+](=O)[O-]. The van der Waals surface area contributed by atoms with Crippen LogP contribution in [0, 0.1) is 10.1 Å². The summed E-state index contributed by atoms with van der Waals surface area (Å²) in [5, 5.41) is 10.8. The van der Waals surface area contributed by atoms with E-state index in [1.54, 1.807) is 0 Å². The first-order valence-electron chi connectivity index (χ1n) is 4.63. The van der Waals surface area contributed by atoms with Crippen LogP contribution in [0.4, 0.5) is 18.9 Å². The Bertz CT molecular complexity index is 511. The van der Waals surface area contributed by atoms with Gasteiger partial charge in [0.2, 0.25) is 0 Å². The predicted octanol–water partition coefficient (Wildman–Crippen LogP) is 2.82. The predicted molar refractivity (Wildman–Crippen MR) is 54.7 cm³/mol. The maximum Gasteiger partial charge on any atom is 0.417 e. The second kappa shape index (κ2) is 4.63. The molecule has 0 saturated heterocycles. The fourth-order valence-electron chi connectivity index (χ4n) is 1.51. The third-order valence-electron chi connectivity index (χ3n) is 2.20. The lowest BCUT2D eigenvalue weighted by Gasteiger charge is -2.12. The fourth-order valence-corrected chi connectivity index (χ4v) is 1.51. The van der Waals surface area contributed by atoms with Gasteiger partial charge in [-0.3, -0.25) is 14.9 Å². The third kappa shape index (κ3) is 2.41. The van der Waals surface area contributed by atoms with Crippen molar-refractivity contribution in [3.05, 3.63) is 33.4 Å². The number of alkyl halides is 3. The molecule has 0 saturated carbocycles. The zero-order chi connectivity index (χ0) is 14.1. The number of nitro groups is 1. The van der Waals surface area contributed by atoms with E-state index in [1.165, 1.54) is 0 Å². The number of ketones is 1. The van der Waals surface area contributed by atoms with Gasteiger partial charge in [-0.2, -0.15) is 13.2 Å². The van der Waals surface area contributed by atoms with E-state index in [4.69, 9.17) is 0 Å². The first-order chi connectivity index (χ1) is 8.20. The van der Waals surface area contributed by atoms with E-state index in [1.807, 2.05) is 0 Å². The molecule has 0 radical (unpaired) electrons. The molecule has 8 heteroatoms. The molecule has 98 valence electrons. The van der Waals surface area contributed by atoms with E-state index < -0.39 is 39.4 Å². The van der Waals surface area contributed by atoms with Crippen LogP contribution in [0.3, 0.4) is 0 Å². The van der Waals surface area contributed by atoms with E-state index in [-0.39, 0.29) is 0 Å².